The van der Waals surface area contributed by atoms with Gasteiger partial charge in [0.1, 0.15) is 4.90 Å². The van der Waals surface area contributed by atoms with E-state index < -0.39 is 26.6 Å². The molecule has 0 radical (unpaired) electrons. The van der Waals surface area contributed by atoms with E-state index in [0.717, 1.165) is 38.1 Å². The Morgan fingerprint density at radius 1 is 1.35 bits per heavy atom. The summed E-state index contributed by atoms with van der Waals surface area (Å²) in [5, 5.41) is 3.16. The first-order chi connectivity index (χ1) is 9.00. The van der Waals surface area contributed by atoms with Gasteiger partial charge in [0.15, 0.2) is 11.6 Å². The van der Waals surface area contributed by atoms with E-state index in [0.29, 0.717) is 0 Å². The van der Waals surface area contributed by atoms with Gasteiger partial charge in [0, 0.05) is 6.54 Å². The standard InChI is InChI=1S/C12H16F2N2O2S.ClH/c13-10-4-1-5-11(12(10)14)19(17,18)16-8-9-3-2-6-15-7-9;/h1,4-5,9,15-16H,2-3,6-8H2;1H. The molecule has 1 atom stereocenters. The molecule has 8 heteroatoms. The van der Waals surface area contributed by atoms with Gasteiger partial charge in [-0.2, -0.15) is 0 Å². The molecule has 1 aliphatic rings. The zero-order valence-corrected chi connectivity index (χ0v) is 12.4. The van der Waals surface area contributed by atoms with Gasteiger partial charge in [-0.05, 0) is 44.0 Å². The van der Waals surface area contributed by atoms with Crippen molar-refractivity contribution in [3.63, 3.8) is 0 Å². The fraction of sp³-hybridized carbons (Fsp3) is 0.500. The normalized spacial score (nSPS) is 19.4. The van der Waals surface area contributed by atoms with E-state index in [1.165, 1.54) is 6.07 Å². The predicted molar refractivity (Wildman–Crippen MR) is 74.4 cm³/mol. The molecular weight excluding hydrogens is 310 g/mol. The lowest BCUT2D eigenvalue weighted by Gasteiger charge is -2.22. The summed E-state index contributed by atoms with van der Waals surface area (Å²) in [6, 6.07) is 3.12. The van der Waals surface area contributed by atoms with Crippen LogP contribution < -0.4 is 10.0 Å². The third-order valence-corrected chi connectivity index (χ3v) is 4.61. The molecule has 4 nitrogen and oxygen atoms in total. The molecule has 1 aromatic carbocycles. The van der Waals surface area contributed by atoms with E-state index in [1.807, 2.05) is 0 Å². The highest BCUT2D eigenvalue weighted by Crippen LogP contribution is 2.17. The van der Waals surface area contributed by atoms with E-state index >= 15 is 0 Å². The Morgan fingerprint density at radius 3 is 2.75 bits per heavy atom. The molecule has 114 valence electrons. The molecule has 1 unspecified atom stereocenters. The highest BCUT2D eigenvalue weighted by molar-refractivity contribution is 7.89. The fourth-order valence-electron chi connectivity index (χ4n) is 2.10. The van der Waals surface area contributed by atoms with Gasteiger partial charge in [-0.15, -0.1) is 12.4 Å². The molecule has 0 aromatic heterocycles. The summed E-state index contributed by atoms with van der Waals surface area (Å²) in [6.45, 7) is 1.89. The minimum absolute atomic E-state index is 0. The van der Waals surface area contributed by atoms with Crippen LogP contribution in [0.15, 0.2) is 23.1 Å². The van der Waals surface area contributed by atoms with Gasteiger partial charge in [-0.3, -0.25) is 0 Å². The molecule has 0 saturated carbocycles. The number of hydrogen-bond acceptors (Lipinski definition) is 3. The first-order valence-electron chi connectivity index (χ1n) is 6.15. The molecule has 1 aromatic rings. The SMILES string of the molecule is Cl.O=S(=O)(NCC1CCCNC1)c1cccc(F)c1F. The Labute approximate surface area is 123 Å². The monoisotopic (exact) mass is 326 g/mol. The zero-order valence-electron chi connectivity index (χ0n) is 10.7. The molecule has 1 saturated heterocycles. The lowest BCUT2D eigenvalue weighted by atomic mass is 10.0. The second-order valence-electron chi connectivity index (χ2n) is 4.62. The first-order valence-corrected chi connectivity index (χ1v) is 7.63. The van der Waals surface area contributed by atoms with Crippen LogP contribution in [0.1, 0.15) is 12.8 Å². The Balaban J connectivity index is 0.00000200. The molecule has 20 heavy (non-hydrogen) atoms. The van der Waals surface area contributed by atoms with Crippen LogP contribution >= 0.6 is 12.4 Å². The van der Waals surface area contributed by atoms with Crippen LogP contribution in [-0.4, -0.2) is 28.1 Å². The quantitative estimate of drug-likeness (QED) is 0.885. The maximum atomic E-state index is 13.5. The maximum absolute atomic E-state index is 13.5. The smallest absolute Gasteiger partial charge is 0.243 e. The molecule has 2 rings (SSSR count). The predicted octanol–water partition coefficient (Wildman–Crippen LogP) is 1.66. The second-order valence-corrected chi connectivity index (χ2v) is 6.35. The Hall–Kier alpha value is -0.760. The van der Waals surface area contributed by atoms with Gasteiger partial charge in [-0.1, -0.05) is 6.07 Å². The third-order valence-electron chi connectivity index (χ3n) is 3.17. The van der Waals surface area contributed by atoms with Gasteiger partial charge in [-0.25, -0.2) is 21.9 Å². The minimum atomic E-state index is -4.01. The highest BCUT2D eigenvalue weighted by Gasteiger charge is 2.23. The Morgan fingerprint density at radius 2 is 2.10 bits per heavy atom. The summed E-state index contributed by atoms with van der Waals surface area (Å²) in [4.78, 5) is -0.642. The van der Waals surface area contributed by atoms with Crippen LogP contribution in [0, 0.1) is 17.6 Å². The van der Waals surface area contributed by atoms with Crippen molar-refractivity contribution in [1.82, 2.24) is 10.0 Å². The zero-order chi connectivity index (χ0) is 13.9. The van der Waals surface area contributed by atoms with Crippen molar-refractivity contribution < 1.29 is 17.2 Å². The molecule has 1 heterocycles. The van der Waals surface area contributed by atoms with Gasteiger partial charge >= 0.3 is 0 Å². The van der Waals surface area contributed by atoms with Crippen LogP contribution in [0.4, 0.5) is 8.78 Å². The van der Waals surface area contributed by atoms with Crippen molar-refractivity contribution in [2.24, 2.45) is 5.92 Å². The Bertz CT molecular complexity index is 548. The molecule has 0 spiro atoms. The van der Waals surface area contributed by atoms with Crippen LogP contribution in [0.5, 0.6) is 0 Å². The van der Waals surface area contributed by atoms with Gasteiger partial charge in [0.2, 0.25) is 10.0 Å². The number of benzene rings is 1. The maximum Gasteiger partial charge on any atom is 0.243 e. The molecule has 0 bridgehead atoms. The van der Waals surface area contributed by atoms with E-state index in [1.54, 1.807) is 0 Å². The van der Waals surface area contributed by atoms with E-state index in [9.17, 15) is 17.2 Å². The summed E-state index contributed by atoms with van der Waals surface area (Å²) in [7, 11) is -4.01. The average molecular weight is 327 g/mol. The minimum Gasteiger partial charge on any atom is -0.316 e. The lowest BCUT2D eigenvalue weighted by molar-refractivity contribution is 0.375. The van der Waals surface area contributed by atoms with Crippen LogP contribution in [0.3, 0.4) is 0 Å². The van der Waals surface area contributed by atoms with E-state index in [-0.39, 0.29) is 24.9 Å². The topological polar surface area (TPSA) is 58.2 Å². The largest absolute Gasteiger partial charge is 0.316 e. The van der Waals surface area contributed by atoms with Crippen molar-refractivity contribution in [3.8, 4) is 0 Å². The van der Waals surface area contributed by atoms with Crippen molar-refractivity contribution in [2.75, 3.05) is 19.6 Å². The number of sulfonamides is 1. The Kier molecular flexibility index (Phi) is 6.32. The number of rotatable bonds is 4. The second kappa shape index (κ2) is 7.31. The van der Waals surface area contributed by atoms with Crippen molar-refractivity contribution in [3.05, 3.63) is 29.8 Å². The molecular formula is C12H17ClF2N2O2S. The third kappa shape index (κ3) is 4.12. The van der Waals surface area contributed by atoms with Crippen LogP contribution in [-0.2, 0) is 10.0 Å². The van der Waals surface area contributed by atoms with Crippen molar-refractivity contribution in [1.29, 1.82) is 0 Å². The summed E-state index contributed by atoms with van der Waals surface area (Å²) >= 11 is 0. The summed E-state index contributed by atoms with van der Waals surface area (Å²) < 4.78 is 52.6. The molecule has 0 amide bonds. The first kappa shape index (κ1) is 17.3. The van der Waals surface area contributed by atoms with Crippen molar-refractivity contribution >= 4 is 22.4 Å². The lowest BCUT2D eigenvalue weighted by Crippen LogP contribution is -2.38. The molecule has 1 aliphatic heterocycles. The molecule has 0 aliphatic carbocycles. The molecule has 2 N–H and O–H groups in total. The van der Waals surface area contributed by atoms with Gasteiger partial charge in [0.05, 0.1) is 0 Å². The highest BCUT2D eigenvalue weighted by atomic mass is 35.5. The summed E-state index contributed by atoms with van der Waals surface area (Å²) in [5.41, 5.74) is 0. The summed E-state index contributed by atoms with van der Waals surface area (Å²) in [6.07, 6.45) is 1.90. The average Bonchev–Trinajstić information content (AvgIpc) is 2.41. The van der Waals surface area contributed by atoms with E-state index in [2.05, 4.69) is 10.0 Å². The fourth-order valence-corrected chi connectivity index (χ4v) is 3.30. The number of hydrogen-bond donors (Lipinski definition) is 2. The molecule has 1 fully saturated rings. The van der Waals surface area contributed by atoms with Crippen molar-refractivity contribution in [2.45, 2.75) is 17.7 Å². The number of piperidine rings is 1. The number of nitrogens with one attached hydrogen (secondary N) is 2. The number of halogens is 3. The van der Waals surface area contributed by atoms with Gasteiger partial charge < -0.3 is 5.32 Å². The summed E-state index contributed by atoms with van der Waals surface area (Å²) in [5.74, 6) is -2.32. The van der Waals surface area contributed by atoms with E-state index in [4.69, 9.17) is 0 Å². The van der Waals surface area contributed by atoms with Crippen LogP contribution in [0.2, 0.25) is 0 Å². The van der Waals surface area contributed by atoms with Gasteiger partial charge in [0.25, 0.3) is 0 Å². The van der Waals surface area contributed by atoms with Crippen LogP contribution in [0.25, 0.3) is 0 Å².